The first-order valence-corrected chi connectivity index (χ1v) is 10.0. The van der Waals surface area contributed by atoms with E-state index >= 15 is 0 Å². The molecule has 6 nitrogen and oxygen atoms in total. The van der Waals surface area contributed by atoms with E-state index in [1.165, 1.54) is 30.1 Å². The summed E-state index contributed by atoms with van der Waals surface area (Å²) in [4.78, 5) is 13.1. The number of aromatic nitrogens is 2. The van der Waals surface area contributed by atoms with Gasteiger partial charge in [0, 0.05) is 38.8 Å². The fourth-order valence-corrected chi connectivity index (χ4v) is 3.56. The molecule has 1 aromatic heterocycles. The Kier molecular flexibility index (Phi) is 6.30. The Bertz CT molecular complexity index is 995. The second kappa shape index (κ2) is 9.28. The van der Waals surface area contributed by atoms with Crippen molar-refractivity contribution in [1.82, 2.24) is 14.9 Å². The van der Waals surface area contributed by atoms with Crippen LogP contribution in [-0.4, -0.2) is 48.2 Å². The van der Waals surface area contributed by atoms with Crippen molar-refractivity contribution in [3.63, 3.8) is 0 Å². The monoisotopic (exact) mass is 428 g/mol. The minimum atomic E-state index is -0.414. The van der Waals surface area contributed by atoms with Gasteiger partial charge in [-0.15, -0.1) is 0 Å². The highest BCUT2D eigenvalue weighted by Gasteiger charge is 2.19. The Balaban J connectivity index is 1.35. The lowest BCUT2D eigenvalue weighted by atomic mass is 10.2. The molecule has 0 unspecified atom stereocenters. The fraction of sp³-hybridized carbons (Fsp3) is 0.273. The second-order valence-corrected chi connectivity index (χ2v) is 7.41. The molecule has 0 radical (unpaired) electrons. The SMILES string of the molecule is COc1ccc(CN2CCN(c3cc(Oc4ccc(F)cc4Cl)ncn3)CC2)cc1. The Labute approximate surface area is 179 Å². The molecule has 3 aromatic rings. The van der Waals surface area contributed by atoms with Crippen molar-refractivity contribution in [2.45, 2.75) is 6.54 Å². The van der Waals surface area contributed by atoms with Crippen molar-refractivity contribution in [3.8, 4) is 17.4 Å². The van der Waals surface area contributed by atoms with E-state index in [1.54, 1.807) is 13.2 Å². The third-order valence-corrected chi connectivity index (χ3v) is 5.29. The number of hydrogen-bond donors (Lipinski definition) is 0. The highest BCUT2D eigenvalue weighted by molar-refractivity contribution is 6.32. The summed E-state index contributed by atoms with van der Waals surface area (Å²) in [6.45, 7) is 4.46. The number of benzene rings is 2. The van der Waals surface area contributed by atoms with Gasteiger partial charge in [-0.25, -0.2) is 14.4 Å². The number of halogens is 2. The van der Waals surface area contributed by atoms with Crippen molar-refractivity contribution >= 4 is 17.4 Å². The van der Waals surface area contributed by atoms with Crippen molar-refractivity contribution in [2.24, 2.45) is 0 Å². The number of rotatable bonds is 6. The molecular formula is C22H22ClFN4O2. The quantitative estimate of drug-likeness (QED) is 0.580. The van der Waals surface area contributed by atoms with Crippen LogP contribution in [0.4, 0.5) is 10.2 Å². The molecule has 30 heavy (non-hydrogen) atoms. The standard InChI is InChI=1S/C22H22ClFN4O2/c1-29-18-5-2-16(3-6-18)14-27-8-10-28(11-9-27)21-13-22(26-15-25-21)30-20-7-4-17(24)12-19(20)23/h2-7,12-13,15H,8-11,14H2,1H3. The smallest absolute Gasteiger partial charge is 0.224 e. The third-order valence-electron chi connectivity index (χ3n) is 5.00. The van der Waals surface area contributed by atoms with Crippen LogP contribution in [0.25, 0.3) is 0 Å². The van der Waals surface area contributed by atoms with Crippen molar-refractivity contribution in [1.29, 1.82) is 0 Å². The van der Waals surface area contributed by atoms with Gasteiger partial charge in [0.15, 0.2) is 0 Å². The van der Waals surface area contributed by atoms with E-state index in [1.807, 2.05) is 12.1 Å². The molecule has 1 aliphatic rings. The van der Waals surface area contributed by atoms with Crippen LogP contribution < -0.4 is 14.4 Å². The van der Waals surface area contributed by atoms with Gasteiger partial charge in [-0.05, 0) is 35.9 Å². The summed E-state index contributed by atoms with van der Waals surface area (Å²) in [5.41, 5.74) is 1.26. The van der Waals surface area contributed by atoms with Gasteiger partial charge < -0.3 is 14.4 Å². The molecule has 0 amide bonds. The van der Waals surface area contributed by atoms with Crippen molar-refractivity contribution in [2.75, 3.05) is 38.2 Å². The summed E-state index contributed by atoms with van der Waals surface area (Å²) < 4.78 is 24.1. The largest absolute Gasteiger partial charge is 0.497 e. The Morgan fingerprint density at radius 3 is 2.47 bits per heavy atom. The Morgan fingerprint density at radius 1 is 1.00 bits per heavy atom. The first kappa shape index (κ1) is 20.4. The highest BCUT2D eigenvalue weighted by atomic mass is 35.5. The number of methoxy groups -OCH3 is 1. The molecule has 1 fully saturated rings. The van der Waals surface area contributed by atoms with Crippen LogP contribution in [0.2, 0.25) is 5.02 Å². The minimum Gasteiger partial charge on any atom is -0.497 e. The highest BCUT2D eigenvalue weighted by Crippen LogP contribution is 2.30. The van der Waals surface area contributed by atoms with Crippen LogP contribution in [0.5, 0.6) is 17.4 Å². The van der Waals surface area contributed by atoms with Gasteiger partial charge >= 0.3 is 0 Å². The second-order valence-electron chi connectivity index (χ2n) is 7.00. The molecule has 1 saturated heterocycles. The summed E-state index contributed by atoms with van der Waals surface area (Å²) in [6.07, 6.45) is 1.46. The topological polar surface area (TPSA) is 50.7 Å². The molecule has 0 N–H and O–H groups in total. The average molecular weight is 429 g/mol. The van der Waals surface area contributed by atoms with Gasteiger partial charge in [0.1, 0.15) is 29.5 Å². The number of nitrogens with zero attached hydrogens (tertiary/aromatic N) is 4. The maximum Gasteiger partial charge on any atom is 0.224 e. The molecule has 8 heteroatoms. The number of piperazine rings is 1. The normalized spacial score (nSPS) is 14.6. The van der Waals surface area contributed by atoms with E-state index in [4.69, 9.17) is 21.1 Å². The molecule has 2 aromatic carbocycles. The van der Waals surface area contributed by atoms with Gasteiger partial charge in [0.25, 0.3) is 0 Å². The summed E-state index contributed by atoms with van der Waals surface area (Å²) in [7, 11) is 1.67. The van der Waals surface area contributed by atoms with Crippen molar-refractivity contribution < 1.29 is 13.9 Å². The number of anilines is 1. The predicted octanol–water partition coefficient (Wildman–Crippen LogP) is 4.39. The van der Waals surface area contributed by atoms with Gasteiger partial charge in [0.2, 0.25) is 5.88 Å². The van der Waals surface area contributed by atoms with E-state index in [2.05, 4.69) is 31.9 Å². The molecule has 0 aliphatic carbocycles. The van der Waals surface area contributed by atoms with E-state index < -0.39 is 5.82 Å². The van der Waals surface area contributed by atoms with Crippen LogP contribution in [-0.2, 0) is 6.54 Å². The van der Waals surface area contributed by atoms with Crippen LogP contribution in [0.3, 0.4) is 0 Å². The van der Waals surface area contributed by atoms with E-state index in [0.717, 1.165) is 44.3 Å². The van der Waals surface area contributed by atoms with Crippen LogP contribution in [0, 0.1) is 5.82 Å². The van der Waals surface area contributed by atoms with Gasteiger partial charge in [-0.1, -0.05) is 23.7 Å². The predicted molar refractivity (Wildman–Crippen MR) is 114 cm³/mol. The number of ether oxygens (including phenoxy) is 2. The molecule has 0 bridgehead atoms. The van der Waals surface area contributed by atoms with E-state index in [9.17, 15) is 4.39 Å². The van der Waals surface area contributed by atoms with Gasteiger partial charge in [0.05, 0.1) is 12.1 Å². The fourth-order valence-electron chi connectivity index (χ4n) is 3.35. The molecule has 156 valence electrons. The Hall–Kier alpha value is -2.90. The van der Waals surface area contributed by atoms with E-state index in [0.29, 0.717) is 11.6 Å². The first-order chi connectivity index (χ1) is 14.6. The molecule has 0 saturated carbocycles. The summed E-state index contributed by atoms with van der Waals surface area (Å²) in [5.74, 6) is 1.97. The minimum absolute atomic E-state index is 0.197. The Morgan fingerprint density at radius 2 is 1.77 bits per heavy atom. The summed E-state index contributed by atoms with van der Waals surface area (Å²) in [6, 6.07) is 13.9. The lowest BCUT2D eigenvalue weighted by molar-refractivity contribution is 0.249. The third kappa shape index (κ3) is 4.98. The van der Waals surface area contributed by atoms with E-state index in [-0.39, 0.29) is 5.02 Å². The zero-order chi connectivity index (χ0) is 20.9. The van der Waals surface area contributed by atoms with Crippen LogP contribution in [0.15, 0.2) is 54.9 Å². The lowest BCUT2D eigenvalue weighted by Crippen LogP contribution is -2.46. The van der Waals surface area contributed by atoms with Crippen LogP contribution in [0.1, 0.15) is 5.56 Å². The molecule has 0 atom stereocenters. The molecule has 2 heterocycles. The summed E-state index contributed by atoms with van der Waals surface area (Å²) in [5, 5.41) is 0.197. The molecule has 4 rings (SSSR count). The maximum absolute atomic E-state index is 13.2. The maximum atomic E-state index is 13.2. The zero-order valence-electron chi connectivity index (χ0n) is 16.6. The van der Waals surface area contributed by atoms with Gasteiger partial charge in [-0.2, -0.15) is 0 Å². The number of hydrogen-bond acceptors (Lipinski definition) is 6. The molecule has 1 aliphatic heterocycles. The van der Waals surface area contributed by atoms with Crippen LogP contribution >= 0.6 is 11.6 Å². The summed E-state index contributed by atoms with van der Waals surface area (Å²) >= 11 is 6.04. The lowest BCUT2D eigenvalue weighted by Gasteiger charge is -2.35. The van der Waals surface area contributed by atoms with Gasteiger partial charge in [-0.3, -0.25) is 4.90 Å². The molecule has 0 spiro atoms. The molecular weight excluding hydrogens is 407 g/mol. The average Bonchev–Trinajstić information content (AvgIpc) is 2.77. The first-order valence-electron chi connectivity index (χ1n) is 9.66. The zero-order valence-corrected chi connectivity index (χ0v) is 17.3. The van der Waals surface area contributed by atoms with Crippen molar-refractivity contribution in [3.05, 3.63) is 71.3 Å².